The van der Waals surface area contributed by atoms with Crippen LogP contribution >= 0.6 is 0 Å². The van der Waals surface area contributed by atoms with Crippen molar-refractivity contribution in [1.29, 1.82) is 0 Å². The molecule has 3 aromatic rings. The zero-order valence-electron chi connectivity index (χ0n) is 22.3. The number of carbonyl (C=O) groups excluding carboxylic acids is 1. The van der Waals surface area contributed by atoms with E-state index in [1.54, 1.807) is 23.0 Å². The molecule has 1 aromatic carbocycles. The zero-order valence-corrected chi connectivity index (χ0v) is 22.3. The number of aromatic nitrogens is 2. The summed E-state index contributed by atoms with van der Waals surface area (Å²) < 4.78 is 13.0. The topological polar surface area (TPSA) is 76.9 Å². The van der Waals surface area contributed by atoms with Crippen LogP contribution in [0.25, 0.3) is 5.69 Å². The summed E-state index contributed by atoms with van der Waals surface area (Å²) in [5.41, 5.74) is 0.627. The number of likely N-dealkylation sites (N-methyl/N-ethyl adjacent to an activating group) is 1. The van der Waals surface area contributed by atoms with Gasteiger partial charge >= 0.3 is 6.09 Å². The Kier molecular flexibility index (Phi) is 7.57. The van der Waals surface area contributed by atoms with Gasteiger partial charge in [0, 0.05) is 31.9 Å². The van der Waals surface area contributed by atoms with Crippen molar-refractivity contribution in [3.05, 3.63) is 82.9 Å². The average molecular weight is 505 g/mol. The fourth-order valence-corrected chi connectivity index (χ4v) is 4.62. The lowest BCUT2D eigenvalue weighted by Crippen LogP contribution is -2.52. The van der Waals surface area contributed by atoms with Gasteiger partial charge in [0.2, 0.25) is 0 Å². The van der Waals surface area contributed by atoms with Crippen LogP contribution in [0.2, 0.25) is 0 Å². The summed E-state index contributed by atoms with van der Waals surface area (Å²) in [6.45, 7) is 12.1. The van der Waals surface area contributed by atoms with Crippen LogP contribution in [0.4, 0.5) is 10.6 Å². The van der Waals surface area contributed by atoms with Gasteiger partial charge in [-0.2, -0.15) is 0 Å². The van der Waals surface area contributed by atoms with Crippen LogP contribution < -0.4 is 15.2 Å². The van der Waals surface area contributed by atoms with E-state index in [1.807, 2.05) is 75.1 Å². The molecule has 0 aliphatic carbocycles. The molecule has 0 saturated carbocycles. The minimum Gasteiger partial charge on any atom is -0.489 e. The smallest absolute Gasteiger partial charge is 0.410 e. The highest BCUT2D eigenvalue weighted by molar-refractivity contribution is 5.69. The number of ether oxygens (including phenoxy) is 2. The van der Waals surface area contributed by atoms with Crippen molar-refractivity contribution >= 4 is 11.9 Å². The van der Waals surface area contributed by atoms with E-state index < -0.39 is 5.60 Å². The first-order valence-corrected chi connectivity index (χ1v) is 12.7. The molecule has 1 saturated heterocycles. The summed E-state index contributed by atoms with van der Waals surface area (Å²) in [6, 6.07) is 16.9. The standard InChI is InChI=1S/C29H36N4O4/c1-6-33(27(35)37-28(2,3)4)29(5)15-17-31(21-29)25-13-12-23(19-30-25)32-16-14-24(18-26(32)34)36-20-22-10-8-7-9-11-22/h7-14,16,18-19H,6,15,17,20-21H2,1-5H3/t29-/m0/s1. The number of rotatable bonds is 7. The Morgan fingerprint density at radius 3 is 2.51 bits per heavy atom. The molecule has 3 heterocycles. The number of carbonyl (C=O) groups is 1. The van der Waals surface area contributed by atoms with Crippen LogP contribution in [0.1, 0.15) is 46.6 Å². The normalized spacial score (nSPS) is 17.5. The van der Waals surface area contributed by atoms with Gasteiger partial charge in [0.05, 0.1) is 17.4 Å². The Bertz CT molecular complexity index is 1270. The van der Waals surface area contributed by atoms with Gasteiger partial charge in [-0.25, -0.2) is 9.78 Å². The molecule has 4 rings (SSSR count). The highest BCUT2D eigenvalue weighted by Crippen LogP contribution is 2.31. The van der Waals surface area contributed by atoms with E-state index in [-0.39, 0.29) is 17.2 Å². The van der Waals surface area contributed by atoms with Crippen molar-refractivity contribution in [2.24, 2.45) is 0 Å². The number of pyridine rings is 2. The molecular formula is C29H36N4O4. The fourth-order valence-electron chi connectivity index (χ4n) is 4.62. The summed E-state index contributed by atoms with van der Waals surface area (Å²) >= 11 is 0. The summed E-state index contributed by atoms with van der Waals surface area (Å²) in [7, 11) is 0. The van der Waals surface area contributed by atoms with Gasteiger partial charge in [-0.05, 0) is 64.8 Å². The van der Waals surface area contributed by atoms with Gasteiger partial charge in [0.1, 0.15) is 23.8 Å². The van der Waals surface area contributed by atoms with Crippen molar-refractivity contribution in [3.63, 3.8) is 0 Å². The van der Waals surface area contributed by atoms with Crippen molar-refractivity contribution in [1.82, 2.24) is 14.5 Å². The second kappa shape index (κ2) is 10.7. The van der Waals surface area contributed by atoms with Gasteiger partial charge in [-0.1, -0.05) is 30.3 Å². The Morgan fingerprint density at radius 2 is 1.89 bits per heavy atom. The lowest BCUT2D eigenvalue weighted by atomic mass is 9.99. The third-order valence-corrected chi connectivity index (χ3v) is 6.51. The molecule has 196 valence electrons. The van der Waals surface area contributed by atoms with E-state index >= 15 is 0 Å². The maximum Gasteiger partial charge on any atom is 0.410 e. The Hall–Kier alpha value is -3.81. The summed E-state index contributed by atoms with van der Waals surface area (Å²) in [5.74, 6) is 1.33. The molecule has 1 aliphatic heterocycles. The van der Waals surface area contributed by atoms with Crippen LogP contribution in [0.3, 0.4) is 0 Å². The molecule has 1 fully saturated rings. The third kappa shape index (κ3) is 6.31. The first-order chi connectivity index (χ1) is 17.6. The molecule has 1 aliphatic rings. The van der Waals surface area contributed by atoms with E-state index in [0.717, 1.165) is 24.3 Å². The van der Waals surface area contributed by atoms with E-state index in [9.17, 15) is 9.59 Å². The van der Waals surface area contributed by atoms with Crippen LogP contribution in [0.15, 0.2) is 71.8 Å². The molecule has 8 nitrogen and oxygen atoms in total. The van der Waals surface area contributed by atoms with Crippen molar-refractivity contribution in [2.75, 3.05) is 24.5 Å². The van der Waals surface area contributed by atoms with E-state index in [2.05, 4.69) is 16.8 Å². The third-order valence-electron chi connectivity index (χ3n) is 6.51. The number of hydrogen-bond donors (Lipinski definition) is 0. The first-order valence-electron chi connectivity index (χ1n) is 12.7. The molecule has 0 bridgehead atoms. The van der Waals surface area contributed by atoms with E-state index in [0.29, 0.717) is 31.1 Å². The fraction of sp³-hybridized carbons (Fsp3) is 0.414. The van der Waals surface area contributed by atoms with Crippen LogP contribution in [-0.2, 0) is 11.3 Å². The van der Waals surface area contributed by atoms with Gasteiger partial charge < -0.3 is 19.3 Å². The second-order valence-electron chi connectivity index (χ2n) is 10.6. The lowest BCUT2D eigenvalue weighted by molar-refractivity contribution is 0.00527. The maximum absolute atomic E-state index is 12.8. The molecule has 1 atom stereocenters. The highest BCUT2D eigenvalue weighted by atomic mass is 16.6. The highest BCUT2D eigenvalue weighted by Gasteiger charge is 2.42. The number of nitrogens with zero attached hydrogens (tertiary/aromatic N) is 4. The van der Waals surface area contributed by atoms with E-state index in [1.165, 1.54) is 6.07 Å². The van der Waals surface area contributed by atoms with Gasteiger partial charge in [-0.15, -0.1) is 0 Å². The first kappa shape index (κ1) is 26.3. The molecule has 37 heavy (non-hydrogen) atoms. The number of anilines is 1. The summed E-state index contributed by atoms with van der Waals surface area (Å²) in [6.07, 6.45) is 3.92. The largest absolute Gasteiger partial charge is 0.489 e. The van der Waals surface area contributed by atoms with Crippen LogP contribution in [-0.4, -0.2) is 51.3 Å². The number of benzene rings is 1. The van der Waals surface area contributed by atoms with Crippen molar-refractivity contribution < 1.29 is 14.3 Å². The van der Waals surface area contributed by atoms with Crippen LogP contribution in [0.5, 0.6) is 5.75 Å². The SMILES string of the molecule is CCN(C(=O)OC(C)(C)C)[C@@]1(C)CCN(c2ccc(-n3ccc(OCc4ccccc4)cc3=O)cn2)C1. The Morgan fingerprint density at radius 1 is 1.14 bits per heavy atom. The molecule has 0 spiro atoms. The average Bonchev–Trinajstić information content (AvgIpc) is 3.25. The zero-order chi connectivity index (χ0) is 26.6. The van der Waals surface area contributed by atoms with Crippen LogP contribution in [0, 0.1) is 0 Å². The summed E-state index contributed by atoms with van der Waals surface area (Å²) in [5, 5.41) is 0. The molecule has 1 amide bonds. The molecule has 8 heteroatoms. The molecule has 0 N–H and O–H groups in total. The van der Waals surface area contributed by atoms with Gasteiger partial charge in [0.15, 0.2) is 0 Å². The predicted molar refractivity (Wildman–Crippen MR) is 144 cm³/mol. The molecule has 0 radical (unpaired) electrons. The Balaban J connectivity index is 1.42. The van der Waals surface area contributed by atoms with Crippen molar-refractivity contribution in [3.8, 4) is 11.4 Å². The quantitative estimate of drug-likeness (QED) is 0.449. The Labute approximate surface area is 218 Å². The molecule has 0 unspecified atom stereocenters. The van der Waals surface area contributed by atoms with Gasteiger partial charge in [-0.3, -0.25) is 9.36 Å². The van der Waals surface area contributed by atoms with Gasteiger partial charge in [0.25, 0.3) is 5.56 Å². The monoisotopic (exact) mass is 504 g/mol. The predicted octanol–water partition coefficient (Wildman–Crippen LogP) is 5.04. The lowest BCUT2D eigenvalue weighted by Gasteiger charge is -2.38. The summed E-state index contributed by atoms with van der Waals surface area (Å²) in [4.78, 5) is 34.2. The van der Waals surface area contributed by atoms with E-state index in [4.69, 9.17) is 9.47 Å². The van der Waals surface area contributed by atoms with Crippen molar-refractivity contribution in [2.45, 2.75) is 58.8 Å². The number of amides is 1. The second-order valence-corrected chi connectivity index (χ2v) is 10.6. The minimum atomic E-state index is -0.541. The molecular weight excluding hydrogens is 468 g/mol. The number of hydrogen-bond acceptors (Lipinski definition) is 6. The molecule has 2 aromatic heterocycles. The maximum atomic E-state index is 12.8. The minimum absolute atomic E-state index is 0.190.